The lowest BCUT2D eigenvalue weighted by atomic mass is 10.1. The molecule has 0 unspecified atom stereocenters. The van der Waals surface area contributed by atoms with Crippen LogP contribution >= 0.6 is 0 Å². The SMILES string of the molecule is COc1cc(O)c(C(=O)/C=C/c2ccccc2)c(OC)c1O. The van der Waals surface area contributed by atoms with E-state index in [4.69, 9.17) is 9.47 Å². The second kappa shape index (κ2) is 6.67. The first-order valence-corrected chi connectivity index (χ1v) is 6.52. The van der Waals surface area contributed by atoms with E-state index in [0.717, 1.165) is 5.56 Å². The predicted molar refractivity (Wildman–Crippen MR) is 82.7 cm³/mol. The maximum absolute atomic E-state index is 12.3. The topological polar surface area (TPSA) is 76.0 Å². The van der Waals surface area contributed by atoms with E-state index in [-0.39, 0.29) is 28.6 Å². The lowest BCUT2D eigenvalue weighted by molar-refractivity contribution is 0.104. The van der Waals surface area contributed by atoms with Crippen LogP contribution in [0.5, 0.6) is 23.0 Å². The first-order valence-electron chi connectivity index (χ1n) is 6.52. The van der Waals surface area contributed by atoms with Gasteiger partial charge in [-0.3, -0.25) is 4.79 Å². The molecular formula is C17H16O5. The van der Waals surface area contributed by atoms with Crippen LogP contribution in [0.1, 0.15) is 15.9 Å². The van der Waals surface area contributed by atoms with Gasteiger partial charge in [0.2, 0.25) is 5.75 Å². The summed E-state index contributed by atoms with van der Waals surface area (Å²) >= 11 is 0. The van der Waals surface area contributed by atoms with Crippen molar-refractivity contribution in [1.29, 1.82) is 0 Å². The largest absolute Gasteiger partial charge is 0.507 e. The summed E-state index contributed by atoms with van der Waals surface area (Å²) in [5, 5.41) is 20.0. The Labute approximate surface area is 128 Å². The van der Waals surface area contributed by atoms with Crippen molar-refractivity contribution in [2.24, 2.45) is 0 Å². The fraction of sp³-hybridized carbons (Fsp3) is 0.118. The zero-order valence-corrected chi connectivity index (χ0v) is 12.2. The quantitative estimate of drug-likeness (QED) is 0.504. The van der Waals surface area contributed by atoms with Crippen LogP contribution < -0.4 is 9.47 Å². The highest BCUT2D eigenvalue weighted by Crippen LogP contribution is 2.44. The van der Waals surface area contributed by atoms with Crippen LogP contribution in [0.4, 0.5) is 0 Å². The summed E-state index contributed by atoms with van der Waals surface area (Å²) in [5.41, 5.74) is 0.722. The first-order chi connectivity index (χ1) is 10.6. The van der Waals surface area contributed by atoms with Crippen molar-refractivity contribution < 1.29 is 24.5 Å². The summed E-state index contributed by atoms with van der Waals surface area (Å²) in [6.07, 6.45) is 2.92. The van der Waals surface area contributed by atoms with Gasteiger partial charge in [0.15, 0.2) is 17.3 Å². The number of ether oxygens (including phenoxy) is 2. The van der Waals surface area contributed by atoms with Gasteiger partial charge in [0, 0.05) is 6.07 Å². The molecule has 2 N–H and O–H groups in total. The molecule has 0 heterocycles. The van der Waals surface area contributed by atoms with Crippen LogP contribution in [0, 0.1) is 0 Å². The number of rotatable bonds is 5. The number of allylic oxidation sites excluding steroid dienone is 1. The molecule has 0 radical (unpaired) electrons. The summed E-state index contributed by atoms with van der Waals surface area (Å²) in [6, 6.07) is 10.4. The van der Waals surface area contributed by atoms with Crippen molar-refractivity contribution in [2.45, 2.75) is 0 Å². The molecule has 2 rings (SSSR count). The average Bonchev–Trinajstić information content (AvgIpc) is 2.54. The molecule has 5 heteroatoms. The van der Waals surface area contributed by atoms with E-state index in [1.54, 1.807) is 6.08 Å². The van der Waals surface area contributed by atoms with E-state index in [1.165, 1.54) is 26.4 Å². The summed E-state index contributed by atoms with van der Waals surface area (Å²) in [6.45, 7) is 0. The van der Waals surface area contributed by atoms with Gasteiger partial charge in [-0.2, -0.15) is 0 Å². The van der Waals surface area contributed by atoms with Gasteiger partial charge >= 0.3 is 0 Å². The summed E-state index contributed by atoms with van der Waals surface area (Å²) in [4.78, 5) is 12.3. The molecule has 0 saturated heterocycles. The Morgan fingerprint density at radius 3 is 2.36 bits per heavy atom. The average molecular weight is 300 g/mol. The zero-order valence-electron chi connectivity index (χ0n) is 12.2. The van der Waals surface area contributed by atoms with E-state index < -0.39 is 5.78 Å². The van der Waals surface area contributed by atoms with Crippen molar-refractivity contribution in [2.75, 3.05) is 14.2 Å². The minimum absolute atomic E-state index is 0.0259. The lowest BCUT2D eigenvalue weighted by Gasteiger charge is -2.13. The number of methoxy groups -OCH3 is 2. The maximum Gasteiger partial charge on any atom is 0.201 e. The van der Waals surface area contributed by atoms with E-state index in [9.17, 15) is 15.0 Å². The van der Waals surface area contributed by atoms with Crippen molar-refractivity contribution in [1.82, 2.24) is 0 Å². The van der Waals surface area contributed by atoms with E-state index >= 15 is 0 Å². The molecule has 0 saturated carbocycles. The Bertz CT molecular complexity index is 705. The molecule has 0 atom stereocenters. The third-order valence-corrected chi connectivity index (χ3v) is 3.10. The Morgan fingerprint density at radius 2 is 1.77 bits per heavy atom. The number of phenols is 2. The van der Waals surface area contributed by atoms with Gasteiger partial charge in [0.25, 0.3) is 0 Å². The van der Waals surface area contributed by atoms with E-state index in [2.05, 4.69) is 0 Å². The van der Waals surface area contributed by atoms with Crippen molar-refractivity contribution in [3.8, 4) is 23.0 Å². The number of phenolic OH excluding ortho intramolecular Hbond substituents is 2. The second-order valence-corrected chi connectivity index (χ2v) is 4.46. The van der Waals surface area contributed by atoms with Gasteiger partial charge < -0.3 is 19.7 Å². The number of hydrogen-bond acceptors (Lipinski definition) is 5. The Morgan fingerprint density at radius 1 is 1.09 bits per heavy atom. The minimum Gasteiger partial charge on any atom is -0.507 e. The highest BCUT2D eigenvalue weighted by molar-refractivity contribution is 6.11. The minimum atomic E-state index is -0.490. The molecule has 0 spiro atoms. The molecule has 5 nitrogen and oxygen atoms in total. The molecule has 22 heavy (non-hydrogen) atoms. The number of carbonyl (C=O) groups excluding carboxylic acids is 1. The van der Waals surface area contributed by atoms with E-state index in [1.807, 2.05) is 30.3 Å². The summed E-state index contributed by atoms with van der Waals surface area (Å²) in [7, 11) is 2.64. The number of ketones is 1. The van der Waals surface area contributed by atoms with Crippen LogP contribution in [0.25, 0.3) is 6.08 Å². The van der Waals surface area contributed by atoms with Crippen LogP contribution in [-0.2, 0) is 0 Å². The van der Waals surface area contributed by atoms with Crippen LogP contribution in [0.3, 0.4) is 0 Å². The fourth-order valence-electron chi connectivity index (χ4n) is 2.02. The standard InChI is InChI=1S/C17H16O5/c1-21-14-10-13(19)15(17(22-2)16(14)20)12(18)9-8-11-6-4-3-5-7-11/h3-10,19-20H,1-2H3/b9-8+. The van der Waals surface area contributed by atoms with Gasteiger partial charge in [-0.05, 0) is 11.6 Å². The fourth-order valence-corrected chi connectivity index (χ4v) is 2.02. The third kappa shape index (κ3) is 3.03. The third-order valence-electron chi connectivity index (χ3n) is 3.10. The first kappa shape index (κ1) is 15.4. The molecule has 114 valence electrons. The summed E-state index contributed by atoms with van der Waals surface area (Å²) < 4.78 is 9.94. The zero-order chi connectivity index (χ0) is 16.1. The normalized spacial score (nSPS) is 10.6. The number of hydrogen-bond donors (Lipinski definition) is 2. The Balaban J connectivity index is 2.41. The molecule has 0 aliphatic rings. The molecule has 0 aliphatic carbocycles. The van der Waals surface area contributed by atoms with Crippen LogP contribution in [-0.4, -0.2) is 30.2 Å². The van der Waals surface area contributed by atoms with Gasteiger partial charge in [-0.15, -0.1) is 0 Å². The monoisotopic (exact) mass is 300 g/mol. The summed E-state index contributed by atoms with van der Waals surface area (Å²) in [5.74, 6) is -1.25. The smallest absolute Gasteiger partial charge is 0.201 e. The van der Waals surface area contributed by atoms with Crippen molar-refractivity contribution in [3.05, 3.63) is 53.6 Å². The van der Waals surface area contributed by atoms with Gasteiger partial charge in [0.1, 0.15) is 11.3 Å². The predicted octanol–water partition coefficient (Wildman–Crippen LogP) is 3.01. The van der Waals surface area contributed by atoms with E-state index in [0.29, 0.717) is 0 Å². The van der Waals surface area contributed by atoms with Gasteiger partial charge in [0.05, 0.1) is 14.2 Å². The number of benzene rings is 2. The van der Waals surface area contributed by atoms with Crippen LogP contribution in [0.2, 0.25) is 0 Å². The van der Waals surface area contributed by atoms with Crippen molar-refractivity contribution >= 4 is 11.9 Å². The molecule has 0 fully saturated rings. The van der Waals surface area contributed by atoms with Gasteiger partial charge in [-0.1, -0.05) is 36.4 Å². The highest BCUT2D eigenvalue weighted by atomic mass is 16.5. The molecule has 0 aromatic heterocycles. The molecule has 2 aromatic carbocycles. The van der Waals surface area contributed by atoms with Gasteiger partial charge in [-0.25, -0.2) is 0 Å². The highest BCUT2D eigenvalue weighted by Gasteiger charge is 2.23. The van der Waals surface area contributed by atoms with Crippen molar-refractivity contribution in [3.63, 3.8) is 0 Å². The maximum atomic E-state index is 12.3. The lowest BCUT2D eigenvalue weighted by Crippen LogP contribution is -2.01. The number of aromatic hydroxyl groups is 2. The molecule has 0 aliphatic heterocycles. The number of carbonyl (C=O) groups is 1. The van der Waals surface area contributed by atoms with Crippen LogP contribution in [0.15, 0.2) is 42.5 Å². The molecule has 2 aromatic rings. The Hall–Kier alpha value is -2.95. The Kier molecular flexibility index (Phi) is 4.68. The second-order valence-electron chi connectivity index (χ2n) is 4.46. The molecule has 0 bridgehead atoms. The molecular weight excluding hydrogens is 284 g/mol. The molecule has 0 amide bonds.